The maximum Gasteiger partial charge on any atom is 0.490 e. The Morgan fingerprint density at radius 1 is 1.00 bits per heavy atom. The molecule has 1 aromatic rings. The molecule has 0 aromatic heterocycles. The Balaban J connectivity index is 0.00000157. The van der Waals surface area contributed by atoms with Crippen LogP contribution < -0.4 is 16.0 Å². The first-order chi connectivity index (χ1) is 27.5. The fourth-order valence-corrected chi connectivity index (χ4v) is 7.78. The van der Waals surface area contributed by atoms with Gasteiger partial charge in [0.1, 0.15) is 12.1 Å². The van der Waals surface area contributed by atoms with E-state index in [1.54, 1.807) is 30.9 Å². The van der Waals surface area contributed by atoms with Gasteiger partial charge in [0.2, 0.25) is 23.6 Å². The first-order valence-corrected chi connectivity index (χ1v) is 20.1. The van der Waals surface area contributed by atoms with Crippen molar-refractivity contribution in [1.29, 1.82) is 0 Å². The van der Waals surface area contributed by atoms with Crippen LogP contribution in [0.2, 0.25) is 0 Å². The number of amides is 4. The second kappa shape index (κ2) is 22.9. The third-order valence-electron chi connectivity index (χ3n) is 11.5. The molecule has 2 aliphatic heterocycles. The van der Waals surface area contributed by atoms with Crippen LogP contribution >= 0.6 is 0 Å². The second-order valence-corrected chi connectivity index (χ2v) is 16.0. The largest absolute Gasteiger partial charge is 0.490 e. The molecule has 18 heteroatoms. The standard InChI is InChI=1S/C39H63N5O8.C2HF3O2/c1-10-25(4)33(43(7)36(47)32(24(2)3)42-38(50)39(6)19-15-20-40-39)30(51-8)23-31(45)44-21-14-18-29(44)34(52-9)26(5)35(46)41-28(37(48)49)22-27-16-12-11-13-17-27;3-2(4,5)1(6)7/h11-13,16-17,24-26,28-30,32-34,40H,10,14-15,18-23H2,1-9H3,(H,41,46)(H,42,50)(H,48,49);(H,6,7)/t25-,26+,28-,29-,30+,32-,33-,34+,39-;/m0./s1. The second-order valence-electron chi connectivity index (χ2n) is 16.0. The number of carboxylic acid groups (broad SMARTS) is 2. The fourth-order valence-electron chi connectivity index (χ4n) is 7.78. The zero-order valence-corrected chi connectivity index (χ0v) is 35.6. The molecule has 1 aromatic carbocycles. The van der Waals surface area contributed by atoms with Crippen molar-refractivity contribution in [3.05, 3.63) is 35.9 Å². The molecule has 15 nitrogen and oxygen atoms in total. The number of benzene rings is 1. The summed E-state index contributed by atoms with van der Waals surface area (Å²) in [5.74, 6) is -5.94. The molecule has 0 bridgehead atoms. The fraction of sp³-hybridized carbons (Fsp3) is 0.707. The predicted molar refractivity (Wildman–Crippen MR) is 212 cm³/mol. The Hall–Kier alpha value is -4.29. The summed E-state index contributed by atoms with van der Waals surface area (Å²) in [5, 5.41) is 26.0. The van der Waals surface area contributed by atoms with Crippen molar-refractivity contribution >= 4 is 35.6 Å². The number of alkyl halides is 3. The van der Waals surface area contributed by atoms with Crippen LogP contribution in [0, 0.1) is 17.8 Å². The van der Waals surface area contributed by atoms with Crippen molar-refractivity contribution in [1.82, 2.24) is 25.8 Å². The highest BCUT2D eigenvalue weighted by Crippen LogP contribution is 2.30. The molecule has 3 rings (SSSR count). The number of hydrogen-bond donors (Lipinski definition) is 5. The molecule has 59 heavy (non-hydrogen) atoms. The van der Waals surface area contributed by atoms with Gasteiger partial charge in [-0.15, -0.1) is 0 Å². The number of likely N-dealkylation sites (N-methyl/N-ethyl adjacent to an activating group) is 1. The molecule has 0 unspecified atom stereocenters. The number of carboxylic acids is 2. The molecule has 2 saturated heterocycles. The number of rotatable bonds is 19. The molecule has 0 aliphatic carbocycles. The van der Waals surface area contributed by atoms with E-state index in [9.17, 15) is 42.3 Å². The minimum atomic E-state index is -5.08. The molecule has 0 radical (unpaired) electrons. The molecule has 2 aliphatic rings. The lowest BCUT2D eigenvalue weighted by Crippen LogP contribution is -2.61. The van der Waals surface area contributed by atoms with E-state index < -0.39 is 71.9 Å². The third kappa shape index (κ3) is 14.2. The summed E-state index contributed by atoms with van der Waals surface area (Å²) in [6.07, 6.45) is -2.65. The monoisotopic (exact) mass is 843 g/mol. The summed E-state index contributed by atoms with van der Waals surface area (Å²) in [5.41, 5.74) is 0.0588. The number of hydrogen-bond acceptors (Lipinski definition) is 9. The van der Waals surface area contributed by atoms with Gasteiger partial charge in [-0.2, -0.15) is 13.2 Å². The number of nitrogens with zero attached hydrogens (tertiary/aromatic N) is 2. The Morgan fingerprint density at radius 3 is 2.08 bits per heavy atom. The number of nitrogens with one attached hydrogen (secondary N) is 3. The molecule has 0 saturated carbocycles. The summed E-state index contributed by atoms with van der Waals surface area (Å²) in [4.78, 5) is 79.4. The van der Waals surface area contributed by atoms with Crippen molar-refractivity contribution in [3.63, 3.8) is 0 Å². The number of aliphatic carboxylic acids is 2. The van der Waals surface area contributed by atoms with E-state index in [0.29, 0.717) is 25.8 Å². The highest BCUT2D eigenvalue weighted by molar-refractivity contribution is 5.92. The average molecular weight is 844 g/mol. The topological polar surface area (TPSA) is 204 Å². The summed E-state index contributed by atoms with van der Waals surface area (Å²) < 4.78 is 43.6. The SMILES string of the molecule is CC[C@H](C)[C@@H]([C@@H](CC(=O)N1CCC[C@H]1[C@H](OC)[C@@H](C)C(=O)N[C@@H](Cc1ccccc1)C(=O)O)OC)N(C)C(=O)[C@@H](NC(=O)[C@]1(C)CCCN1)C(C)C.O=C(O)C(F)(F)F. The summed E-state index contributed by atoms with van der Waals surface area (Å²) >= 11 is 0. The minimum absolute atomic E-state index is 0.00447. The molecule has 5 N–H and O–H groups in total. The van der Waals surface area contributed by atoms with E-state index in [0.717, 1.165) is 24.9 Å². The van der Waals surface area contributed by atoms with E-state index >= 15 is 0 Å². The number of carbonyl (C=O) groups excluding carboxylic acids is 4. The maximum absolute atomic E-state index is 14.2. The summed E-state index contributed by atoms with van der Waals surface area (Å²) in [7, 11) is 4.76. The quantitative estimate of drug-likeness (QED) is 0.136. The molecule has 2 fully saturated rings. The number of likely N-dealkylation sites (tertiary alicyclic amines) is 1. The number of halogens is 3. The van der Waals surface area contributed by atoms with E-state index in [-0.39, 0.29) is 42.4 Å². The Morgan fingerprint density at radius 2 is 1.61 bits per heavy atom. The van der Waals surface area contributed by atoms with Crippen LogP contribution in [0.1, 0.15) is 85.6 Å². The average Bonchev–Trinajstić information content (AvgIpc) is 3.86. The Labute approximate surface area is 345 Å². The van der Waals surface area contributed by atoms with Crippen LogP contribution in [-0.2, 0) is 44.7 Å². The minimum Gasteiger partial charge on any atom is -0.480 e. The van der Waals surface area contributed by atoms with Gasteiger partial charge in [-0.1, -0.05) is 71.4 Å². The lowest BCUT2D eigenvalue weighted by molar-refractivity contribution is -0.192. The molecule has 4 amide bonds. The first-order valence-electron chi connectivity index (χ1n) is 20.1. The molecular formula is C41H64F3N5O10. The van der Waals surface area contributed by atoms with Crippen molar-refractivity contribution < 1.29 is 61.6 Å². The number of ether oxygens (including phenoxy) is 2. The maximum atomic E-state index is 14.2. The zero-order chi connectivity index (χ0) is 44.8. The van der Waals surface area contributed by atoms with Crippen molar-refractivity contribution in [2.75, 3.05) is 34.4 Å². The lowest BCUT2D eigenvalue weighted by atomic mass is 9.89. The van der Waals surface area contributed by atoms with Gasteiger partial charge in [-0.05, 0) is 56.6 Å². The summed E-state index contributed by atoms with van der Waals surface area (Å²) in [6.45, 7) is 12.6. The van der Waals surface area contributed by atoms with Gasteiger partial charge in [0.25, 0.3) is 0 Å². The van der Waals surface area contributed by atoms with Gasteiger partial charge in [0.15, 0.2) is 0 Å². The van der Waals surface area contributed by atoms with E-state index in [1.807, 2.05) is 65.0 Å². The molecule has 9 atom stereocenters. The van der Waals surface area contributed by atoms with Crippen LogP contribution in [0.15, 0.2) is 30.3 Å². The van der Waals surface area contributed by atoms with Gasteiger partial charge < -0.3 is 45.4 Å². The smallest absolute Gasteiger partial charge is 0.480 e. The molecular weight excluding hydrogens is 779 g/mol. The Kier molecular flexibility index (Phi) is 19.7. The van der Waals surface area contributed by atoms with Gasteiger partial charge >= 0.3 is 18.1 Å². The van der Waals surface area contributed by atoms with Crippen LogP contribution in [0.5, 0.6) is 0 Å². The van der Waals surface area contributed by atoms with Crippen molar-refractivity contribution in [2.45, 2.75) is 135 Å². The van der Waals surface area contributed by atoms with Crippen LogP contribution in [-0.4, -0.2) is 138 Å². The number of carbonyl (C=O) groups is 6. The molecule has 2 heterocycles. The van der Waals surface area contributed by atoms with Crippen LogP contribution in [0.25, 0.3) is 0 Å². The van der Waals surface area contributed by atoms with E-state index in [2.05, 4.69) is 16.0 Å². The van der Waals surface area contributed by atoms with Crippen LogP contribution in [0.3, 0.4) is 0 Å². The highest BCUT2D eigenvalue weighted by atomic mass is 19.4. The van der Waals surface area contributed by atoms with Gasteiger partial charge in [0, 0.05) is 34.2 Å². The van der Waals surface area contributed by atoms with E-state index in [4.69, 9.17) is 19.4 Å². The molecule has 334 valence electrons. The highest BCUT2D eigenvalue weighted by Gasteiger charge is 2.44. The van der Waals surface area contributed by atoms with Gasteiger partial charge in [-0.25, -0.2) is 9.59 Å². The lowest BCUT2D eigenvalue weighted by Gasteiger charge is -2.41. The summed E-state index contributed by atoms with van der Waals surface area (Å²) in [6, 6.07) is 6.34. The van der Waals surface area contributed by atoms with E-state index in [1.165, 1.54) is 7.11 Å². The third-order valence-corrected chi connectivity index (χ3v) is 11.5. The van der Waals surface area contributed by atoms with Crippen molar-refractivity contribution in [2.24, 2.45) is 17.8 Å². The zero-order valence-electron chi connectivity index (χ0n) is 35.6. The Bertz CT molecular complexity index is 1560. The van der Waals surface area contributed by atoms with Crippen molar-refractivity contribution in [3.8, 4) is 0 Å². The first kappa shape index (κ1) is 50.9. The predicted octanol–water partition coefficient (Wildman–Crippen LogP) is 3.64. The van der Waals surface area contributed by atoms with Crippen LogP contribution in [0.4, 0.5) is 13.2 Å². The van der Waals surface area contributed by atoms with Gasteiger partial charge in [0.05, 0.1) is 42.2 Å². The number of methoxy groups -OCH3 is 2. The molecule has 0 spiro atoms. The normalized spacial score (nSPS) is 21.5. The van der Waals surface area contributed by atoms with Gasteiger partial charge in [-0.3, -0.25) is 19.2 Å².